The van der Waals surface area contributed by atoms with Crippen molar-refractivity contribution < 1.29 is 38.0 Å². The van der Waals surface area contributed by atoms with Crippen LogP contribution in [0.15, 0.2) is 109 Å². The summed E-state index contributed by atoms with van der Waals surface area (Å²) in [6.45, 7) is 10.1. The first-order valence-electron chi connectivity index (χ1n) is 19.0. The second-order valence-corrected chi connectivity index (χ2v) is 12.7. The summed E-state index contributed by atoms with van der Waals surface area (Å²) >= 11 is 0. The Morgan fingerprint density at radius 2 is 0.907 bits per heavy atom. The molecule has 10 heteroatoms. The van der Waals surface area contributed by atoms with Crippen molar-refractivity contribution in [3.63, 3.8) is 0 Å². The second kappa shape index (κ2) is 25.3. The molecule has 0 fully saturated rings. The molecule has 0 aliphatic heterocycles. The summed E-state index contributed by atoms with van der Waals surface area (Å²) in [7, 11) is 0. The van der Waals surface area contributed by atoms with Gasteiger partial charge in [-0.15, -0.1) is 0 Å². The Labute approximate surface area is 320 Å². The molecule has 0 spiro atoms. The molecule has 4 aromatic carbocycles. The number of benzene rings is 4. The van der Waals surface area contributed by atoms with E-state index in [1.54, 1.807) is 0 Å². The summed E-state index contributed by atoms with van der Waals surface area (Å²) < 4.78 is 33.1. The van der Waals surface area contributed by atoms with Crippen LogP contribution in [0.25, 0.3) is 0 Å². The van der Waals surface area contributed by atoms with Crippen molar-refractivity contribution in [3.05, 3.63) is 131 Å². The fourth-order valence-electron chi connectivity index (χ4n) is 5.72. The van der Waals surface area contributed by atoms with Crippen molar-refractivity contribution in [2.45, 2.75) is 38.5 Å². The average Bonchev–Trinajstić information content (AvgIpc) is 3.22. The van der Waals surface area contributed by atoms with E-state index < -0.39 is 11.9 Å². The highest BCUT2D eigenvalue weighted by atomic mass is 16.6. The lowest BCUT2D eigenvalue weighted by Crippen LogP contribution is -2.31. The van der Waals surface area contributed by atoms with Crippen LogP contribution in [0, 0.1) is 0 Å². The van der Waals surface area contributed by atoms with Crippen LogP contribution >= 0.6 is 0 Å². The smallest absolute Gasteiger partial charge is 0.417 e. The van der Waals surface area contributed by atoms with Crippen LogP contribution in [-0.2, 0) is 41.4 Å². The molecule has 0 heterocycles. The molecule has 0 aliphatic rings. The van der Waals surface area contributed by atoms with Crippen LogP contribution in [-0.4, -0.2) is 91.0 Å². The second-order valence-electron chi connectivity index (χ2n) is 12.7. The van der Waals surface area contributed by atoms with Gasteiger partial charge in [0.2, 0.25) is 0 Å². The Bertz CT molecular complexity index is 1470. The molecule has 4 rings (SSSR count). The van der Waals surface area contributed by atoms with Crippen molar-refractivity contribution in [2.75, 3.05) is 79.0 Å². The zero-order valence-corrected chi connectivity index (χ0v) is 31.7. The highest BCUT2D eigenvalue weighted by Crippen LogP contribution is 2.18. The van der Waals surface area contributed by atoms with Gasteiger partial charge in [0.1, 0.15) is 24.7 Å². The van der Waals surface area contributed by atoms with E-state index in [0.29, 0.717) is 52.7 Å². The molecule has 290 valence electrons. The quantitative estimate of drug-likeness (QED) is 0.0443. The third kappa shape index (κ3) is 16.1. The third-order valence-electron chi connectivity index (χ3n) is 8.75. The van der Waals surface area contributed by atoms with E-state index in [4.69, 9.17) is 28.4 Å². The number of rotatable bonds is 26. The highest BCUT2D eigenvalue weighted by molar-refractivity contribution is 6.29. The molecule has 2 N–H and O–H groups in total. The molecule has 54 heavy (non-hydrogen) atoms. The van der Waals surface area contributed by atoms with Crippen LogP contribution in [0.1, 0.15) is 47.9 Å². The molecule has 4 aromatic rings. The number of hydrogen-bond acceptors (Lipinski definition) is 10. The summed E-state index contributed by atoms with van der Waals surface area (Å²) in [4.78, 5) is 25.7. The fraction of sp³-hybridized carbons (Fsp3) is 0.409. The largest absolute Gasteiger partial charge is 0.491 e. The molecule has 0 aromatic heterocycles. The van der Waals surface area contributed by atoms with Gasteiger partial charge in [-0.3, -0.25) is 0 Å². The third-order valence-corrected chi connectivity index (χ3v) is 8.75. The zero-order valence-electron chi connectivity index (χ0n) is 31.7. The Hall–Kier alpha value is -4.74. The number of hydrogen-bond donors (Lipinski definition) is 2. The molecule has 0 amide bonds. The Balaban J connectivity index is 1.20. The van der Waals surface area contributed by atoms with E-state index >= 15 is 0 Å². The van der Waals surface area contributed by atoms with Gasteiger partial charge in [-0.2, -0.15) is 0 Å². The normalized spacial score (nSPS) is 12.1. The summed E-state index contributed by atoms with van der Waals surface area (Å²) in [5, 5.41) is 6.97. The van der Waals surface area contributed by atoms with Crippen LogP contribution in [0.2, 0.25) is 0 Å². The van der Waals surface area contributed by atoms with Gasteiger partial charge in [0, 0.05) is 38.1 Å². The fourth-order valence-corrected chi connectivity index (χ4v) is 5.72. The number of ether oxygens (including phenoxy) is 6. The van der Waals surface area contributed by atoms with Gasteiger partial charge in [0.15, 0.2) is 0 Å². The summed E-state index contributed by atoms with van der Waals surface area (Å²) in [6, 6.07) is 35.8. The Morgan fingerprint density at radius 3 is 1.28 bits per heavy atom. The minimum absolute atomic E-state index is 0.0444. The molecule has 0 bridgehead atoms. The summed E-state index contributed by atoms with van der Waals surface area (Å²) in [5.41, 5.74) is 4.38. The maximum absolute atomic E-state index is 12.8. The maximum Gasteiger partial charge on any atom is 0.417 e. The van der Waals surface area contributed by atoms with E-state index in [0.717, 1.165) is 48.6 Å². The lowest BCUT2D eigenvalue weighted by molar-refractivity contribution is -0.168. The minimum Gasteiger partial charge on any atom is -0.491 e. The van der Waals surface area contributed by atoms with Gasteiger partial charge in [0.25, 0.3) is 0 Å². The monoisotopic (exact) mass is 740 g/mol. The number of carbonyl (C=O) groups is 2. The van der Waals surface area contributed by atoms with Crippen LogP contribution < -0.4 is 20.1 Å². The number of esters is 2. The summed E-state index contributed by atoms with van der Waals surface area (Å²) in [5.74, 6) is -0.646. The Morgan fingerprint density at radius 1 is 0.519 bits per heavy atom. The van der Waals surface area contributed by atoms with Crippen molar-refractivity contribution in [1.82, 2.24) is 10.6 Å². The molecule has 0 saturated heterocycles. The van der Waals surface area contributed by atoms with Crippen LogP contribution in [0.5, 0.6) is 11.5 Å². The van der Waals surface area contributed by atoms with E-state index in [1.807, 2.05) is 98.8 Å². The molecular weight excluding hydrogens is 684 g/mol. The first kappa shape index (κ1) is 42.0. The van der Waals surface area contributed by atoms with E-state index in [9.17, 15) is 9.59 Å². The first-order valence-corrected chi connectivity index (χ1v) is 19.0. The molecule has 0 aliphatic carbocycles. The van der Waals surface area contributed by atoms with Gasteiger partial charge in [-0.05, 0) is 86.3 Å². The number of carbonyl (C=O) groups excluding carboxylic acids is 2. The first-order chi connectivity index (χ1) is 26.6. The predicted octanol–water partition coefficient (Wildman–Crippen LogP) is 6.14. The molecule has 10 nitrogen and oxygen atoms in total. The molecule has 0 saturated carbocycles. The average molecular weight is 741 g/mol. The molecule has 2 unspecified atom stereocenters. The van der Waals surface area contributed by atoms with Gasteiger partial charge in [-0.25, -0.2) is 9.59 Å². The minimum atomic E-state index is -0.996. The van der Waals surface area contributed by atoms with Gasteiger partial charge < -0.3 is 39.1 Å². The molecule has 0 radical (unpaired) electrons. The Kier molecular flexibility index (Phi) is 19.7. The number of nitrogens with one attached hydrogen (secondary N) is 2. The highest BCUT2D eigenvalue weighted by Gasteiger charge is 2.23. The van der Waals surface area contributed by atoms with Crippen LogP contribution in [0.4, 0.5) is 0 Å². The van der Waals surface area contributed by atoms with Crippen LogP contribution in [0.3, 0.4) is 0 Å². The molecule has 2 atom stereocenters. The van der Waals surface area contributed by atoms with Gasteiger partial charge in [-0.1, -0.05) is 84.9 Å². The SMILES string of the molecule is CCOCCOc1ccc(CCNCC(COC(=O)C(=O)OCC(CNCCc2ccc(OCCOCC)cc2)c2ccccc2)c2ccccc2)cc1. The van der Waals surface area contributed by atoms with Crippen molar-refractivity contribution in [2.24, 2.45) is 0 Å². The van der Waals surface area contributed by atoms with Crippen molar-refractivity contribution in [3.8, 4) is 11.5 Å². The van der Waals surface area contributed by atoms with E-state index in [1.165, 1.54) is 11.1 Å². The predicted molar refractivity (Wildman–Crippen MR) is 210 cm³/mol. The maximum atomic E-state index is 12.8. The summed E-state index contributed by atoms with van der Waals surface area (Å²) in [6.07, 6.45) is 1.64. The van der Waals surface area contributed by atoms with Gasteiger partial charge in [0.05, 0.1) is 26.4 Å². The lowest BCUT2D eigenvalue weighted by atomic mass is 10.00. The topological polar surface area (TPSA) is 114 Å². The van der Waals surface area contributed by atoms with E-state index in [2.05, 4.69) is 34.9 Å². The van der Waals surface area contributed by atoms with E-state index in [-0.39, 0.29) is 25.0 Å². The standard InChI is InChI=1S/C44H56N2O8/c1-3-49-27-29-51-41-19-15-35(16-20-41)23-25-45-31-39(37-11-7-5-8-12-37)33-53-43(47)44(48)54-34-40(38-13-9-6-10-14-38)32-46-26-24-36-17-21-42(22-18-36)52-30-28-50-4-2/h5-22,39-40,45-46H,3-4,23-34H2,1-2H3. The van der Waals surface area contributed by atoms with Gasteiger partial charge >= 0.3 is 11.9 Å². The van der Waals surface area contributed by atoms with Crippen molar-refractivity contribution >= 4 is 11.9 Å². The lowest BCUT2D eigenvalue weighted by Gasteiger charge is -2.19. The van der Waals surface area contributed by atoms with Crippen molar-refractivity contribution in [1.29, 1.82) is 0 Å². The zero-order chi connectivity index (χ0) is 38.1. The molecular formula is C44H56N2O8.